The van der Waals surface area contributed by atoms with E-state index in [1.54, 1.807) is 0 Å². The van der Waals surface area contributed by atoms with Crippen LogP contribution in [0.2, 0.25) is 0 Å². The number of piperidine rings is 1. The average Bonchev–Trinajstić information content (AvgIpc) is 3.41. The number of hydrogen-bond acceptors (Lipinski definition) is 8. The maximum atomic E-state index is 12.8. The number of methoxy groups -OCH3 is 1. The standard InChI is InChI=1S/C31H37N7O3/c1-40-31(5-8-35(9-6-31)26-20-41-21-26)25-2-3-27(33-18-25)24-16-29-28(4-7-34-38(29)19-24)36-10-12-37(13-11-36)30(39)23-14-22(15-23)17-32/h2-4,7,16,18-19,22-23,26H,5-6,8-15,20-21H2,1H3/t22-,23-. The Hall–Kier alpha value is -3.52. The first-order chi connectivity index (χ1) is 20.1. The molecule has 3 aromatic rings. The number of aromatic nitrogens is 3. The van der Waals surface area contributed by atoms with E-state index in [-0.39, 0.29) is 23.3 Å². The molecule has 0 unspecified atom stereocenters. The van der Waals surface area contributed by atoms with Gasteiger partial charge in [0.1, 0.15) is 0 Å². The molecule has 0 N–H and O–H groups in total. The van der Waals surface area contributed by atoms with Gasteiger partial charge in [-0.15, -0.1) is 0 Å². The van der Waals surface area contributed by atoms with Crippen LogP contribution in [-0.4, -0.2) is 95.9 Å². The Bertz CT molecular complexity index is 1440. The zero-order valence-electron chi connectivity index (χ0n) is 23.6. The van der Waals surface area contributed by atoms with E-state index in [1.807, 2.05) is 35.1 Å². The topological polar surface area (TPSA) is 99.2 Å². The Morgan fingerprint density at radius 2 is 1.88 bits per heavy atom. The summed E-state index contributed by atoms with van der Waals surface area (Å²) in [5, 5.41) is 13.6. The molecule has 10 nitrogen and oxygen atoms in total. The van der Waals surface area contributed by atoms with Crippen LogP contribution in [0.5, 0.6) is 0 Å². The lowest BCUT2D eigenvalue weighted by Crippen LogP contribution is -2.54. The van der Waals surface area contributed by atoms with E-state index in [9.17, 15) is 4.79 Å². The van der Waals surface area contributed by atoms with Crippen LogP contribution in [0.25, 0.3) is 16.8 Å². The molecular formula is C31H37N7O3. The highest BCUT2D eigenvalue weighted by molar-refractivity contribution is 5.81. The van der Waals surface area contributed by atoms with Gasteiger partial charge in [-0.3, -0.25) is 14.7 Å². The van der Waals surface area contributed by atoms with Crippen molar-refractivity contribution in [2.45, 2.75) is 37.3 Å². The fourth-order valence-corrected chi connectivity index (χ4v) is 6.89. The van der Waals surface area contributed by atoms with Crippen LogP contribution in [0.4, 0.5) is 5.69 Å². The molecule has 1 aliphatic carbocycles. The third-order valence-corrected chi connectivity index (χ3v) is 9.81. The van der Waals surface area contributed by atoms with Gasteiger partial charge in [-0.25, -0.2) is 4.52 Å². The molecule has 0 aromatic carbocycles. The van der Waals surface area contributed by atoms with Gasteiger partial charge in [0, 0.05) is 87.9 Å². The summed E-state index contributed by atoms with van der Waals surface area (Å²) in [6.07, 6.45) is 9.17. The number of carbonyl (C=O) groups excluding carboxylic acids is 1. The number of rotatable bonds is 6. The van der Waals surface area contributed by atoms with Crippen LogP contribution >= 0.6 is 0 Å². The van der Waals surface area contributed by atoms with E-state index in [0.29, 0.717) is 32.0 Å². The first kappa shape index (κ1) is 26.4. The van der Waals surface area contributed by atoms with Crippen LogP contribution in [0.15, 0.2) is 42.9 Å². The van der Waals surface area contributed by atoms with E-state index in [2.05, 4.69) is 45.2 Å². The molecule has 6 heterocycles. The average molecular weight is 556 g/mol. The normalized spacial score (nSPS) is 25.0. The van der Waals surface area contributed by atoms with Crippen LogP contribution < -0.4 is 4.90 Å². The van der Waals surface area contributed by atoms with Gasteiger partial charge in [-0.1, -0.05) is 6.07 Å². The zero-order valence-corrected chi connectivity index (χ0v) is 23.6. The minimum atomic E-state index is -0.299. The smallest absolute Gasteiger partial charge is 0.225 e. The third kappa shape index (κ3) is 4.76. The molecule has 1 saturated carbocycles. The molecule has 10 heteroatoms. The number of piperazine rings is 1. The molecule has 0 bridgehead atoms. The molecule has 41 heavy (non-hydrogen) atoms. The number of fused-ring (bicyclic) bond motifs is 1. The monoisotopic (exact) mass is 555 g/mol. The summed E-state index contributed by atoms with van der Waals surface area (Å²) in [5.74, 6) is 0.292. The molecule has 0 atom stereocenters. The zero-order chi connectivity index (χ0) is 28.0. The lowest BCUT2D eigenvalue weighted by atomic mass is 9.75. The Morgan fingerprint density at radius 3 is 2.51 bits per heavy atom. The molecule has 3 aromatic heterocycles. The van der Waals surface area contributed by atoms with Gasteiger partial charge in [0.2, 0.25) is 5.91 Å². The SMILES string of the molecule is COC1(c2ccc(-c3cc4c(N5CCN(C(=O)[C@H]6C[C@H](C#N)C6)CC5)ccnn4c3)nc2)CCN(C2COC2)CC1. The number of anilines is 1. The molecule has 214 valence electrons. The predicted octanol–water partition coefficient (Wildman–Crippen LogP) is 2.93. The van der Waals surface area contributed by atoms with E-state index < -0.39 is 0 Å². The van der Waals surface area contributed by atoms with Crippen molar-refractivity contribution in [2.24, 2.45) is 11.8 Å². The molecule has 1 amide bonds. The summed E-state index contributed by atoms with van der Waals surface area (Å²) in [7, 11) is 1.82. The molecule has 0 radical (unpaired) electrons. The van der Waals surface area contributed by atoms with Crippen LogP contribution in [0, 0.1) is 23.2 Å². The van der Waals surface area contributed by atoms with Crippen molar-refractivity contribution in [3.05, 3.63) is 48.4 Å². The quantitative estimate of drug-likeness (QED) is 0.458. The summed E-state index contributed by atoms with van der Waals surface area (Å²) in [5.41, 5.74) is 4.91. The van der Waals surface area contributed by atoms with Gasteiger partial charge < -0.3 is 19.3 Å². The highest BCUT2D eigenvalue weighted by Crippen LogP contribution is 2.38. The summed E-state index contributed by atoms with van der Waals surface area (Å²) < 4.78 is 13.4. The lowest BCUT2D eigenvalue weighted by molar-refractivity contribution is -0.139. The molecule has 7 rings (SSSR count). The van der Waals surface area contributed by atoms with Crippen LogP contribution in [0.3, 0.4) is 0 Å². The largest absolute Gasteiger partial charge is 0.378 e. The summed E-state index contributed by atoms with van der Waals surface area (Å²) in [6.45, 7) is 6.66. The van der Waals surface area contributed by atoms with E-state index in [0.717, 1.165) is 80.3 Å². The van der Waals surface area contributed by atoms with Crippen molar-refractivity contribution in [1.29, 1.82) is 5.26 Å². The minimum absolute atomic E-state index is 0.0277. The molecule has 4 fully saturated rings. The number of amides is 1. The maximum absolute atomic E-state index is 12.8. The minimum Gasteiger partial charge on any atom is -0.378 e. The van der Waals surface area contributed by atoms with Gasteiger partial charge >= 0.3 is 0 Å². The fraction of sp³-hybridized carbons (Fsp3) is 0.548. The van der Waals surface area contributed by atoms with Gasteiger partial charge in [0.05, 0.1) is 47.8 Å². The van der Waals surface area contributed by atoms with Crippen molar-refractivity contribution in [2.75, 3.05) is 64.5 Å². The van der Waals surface area contributed by atoms with Crippen molar-refractivity contribution < 1.29 is 14.3 Å². The maximum Gasteiger partial charge on any atom is 0.225 e. The highest BCUT2D eigenvalue weighted by atomic mass is 16.5. The van der Waals surface area contributed by atoms with Crippen LogP contribution in [-0.2, 0) is 19.9 Å². The number of ether oxygens (including phenoxy) is 2. The number of pyridine rings is 1. The first-order valence-electron chi connectivity index (χ1n) is 14.8. The van der Waals surface area contributed by atoms with Crippen molar-refractivity contribution >= 4 is 17.1 Å². The van der Waals surface area contributed by atoms with Gasteiger partial charge in [-0.05, 0) is 43.9 Å². The van der Waals surface area contributed by atoms with Gasteiger partial charge in [0.25, 0.3) is 0 Å². The highest BCUT2D eigenvalue weighted by Gasteiger charge is 2.40. The number of likely N-dealkylation sites (tertiary alicyclic amines) is 1. The molecular weight excluding hydrogens is 518 g/mol. The predicted molar refractivity (Wildman–Crippen MR) is 153 cm³/mol. The molecule has 3 saturated heterocycles. The van der Waals surface area contributed by atoms with Gasteiger partial charge in [-0.2, -0.15) is 10.4 Å². The Morgan fingerprint density at radius 1 is 1.10 bits per heavy atom. The summed E-state index contributed by atoms with van der Waals surface area (Å²) >= 11 is 0. The second kappa shape index (κ2) is 10.7. The number of carbonyl (C=O) groups is 1. The van der Waals surface area contributed by atoms with E-state index in [4.69, 9.17) is 19.7 Å². The number of nitriles is 1. The summed E-state index contributed by atoms with van der Waals surface area (Å²) in [4.78, 5) is 24.5. The van der Waals surface area contributed by atoms with Crippen molar-refractivity contribution in [3.8, 4) is 17.3 Å². The van der Waals surface area contributed by atoms with Gasteiger partial charge in [0.15, 0.2) is 0 Å². The Labute approximate surface area is 240 Å². The van der Waals surface area contributed by atoms with Crippen LogP contribution in [0.1, 0.15) is 31.2 Å². The Balaban J connectivity index is 1.04. The Kier molecular flexibility index (Phi) is 6.89. The number of nitrogens with zero attached hydrogens (tertiary/aromatic N) is 7. The van der Waals surface area contributed by atoms with Crippen molar-refractivity contribution in [1.82, 2.24) is 24.4 Å². The molecule has 4 aliphatic rings. The fourth-order valence-electron chi connectivity index (χ4n) is 6.89. The molecule has 0 spiro atoms. The van der Waals surface area contributed by atoms with Crippen molar-refractivity contribution in [3.63, 3.8) is 0 Å². The second-order valence-electron chi connectivity index (χ2n) is 11.9. The lowest BCUT2D eigenvalue weighted by Gasteiger charge is -2.46. The molecule has 3 aliphatic heterocycles. The second-order valence-corrected chi connectivity index (χ2v) is 11.9. The number of hydrogen-bond donors (Lipinski definition) is 0. The van der Waals surface area contributed by atoms with E-state index in [1.165, 1.54) is 0 Å². The first-order valence-corrected chi connectivity index (χ1v) is 14.8. The summed E-state index contributed by atoms with van der Waals surface area (Å²) in [6, 6.07) is 11.3. The third-order valence-electron chi connectivity index (χ3n) is 9.81. The van der Waals surface area contributed by atoms with E-state index >= 15 is 0 Å².